The number of piperidine rings is 1. The molecule has 0 amide bonds. The van der Waals surface area contributed by atoms with E-state index in [0.717, 1.165) is 24.9 Å². The van der Waals surface area contributed by atoms with Gasteiger partial charge in [-0.3, -0.25) is 9.80 Å². The van der Waals surface area contributed by atoms with Crippen molar-refractivity contribution in [2.24, 2.45) is 11.8 Å². The number of fused-ring (bicyclic) bond motifs is 4. The summed E-state index contributed by atoms with van der Waals surface area (Å²) in [6.07, 6.45) is 5.79. The van der Waals surface area contributed by atoms with Crippen molar-refractivity contribution in [2.75, 3.05) is 19.6 Å². The van der Waals surface area contributed by atoms with Gasteiger partial charge in [0, 0.05) is 54.2 Å². The molecule has 3 aliphatic rings. The number of nitrogens with one attached hydrogen (secondary N) is 1. The summed E-state index contributed by atoms with van der Waals surface area (Å²) in [5.41, 5.74) is 2.43. The summed E-state index contributed by atoms with van der Waals surface area (Å²) < 4.78 is 0. The number of imidazole rings is 1. The molecule has 5 heteroatoms. The number of aromatic nitrogens is 2. The largest absolute Gasteiger partial charge is 0.348 e. The minimum Gasteiger partial charge on any atom is -0.348 e. The van der Waals surface area contributed by atoms with E-state index in [2.05, 4.69) is 52.7 Å². The van der Waals surface area contributed by atoms with Crippen molar-refractivity contribution in [1.29, 1.82) is 0 Å². The Morgan fingerprint density at radius 3 is 2.77 bits per heavy atom. The Balaban J connectivity index is 1.40. The zero-order chi connectivity index (χ0) is 18.1. The van der Waals surface area contributed by atoms with Crippen molar-refractivity contribution >= 4 is 11.3 Å². The van der Waals surface area contributed by atoms with Crippen LogP contribution >= 0.6 is 11.3 Å². The second kappa shape index (κ2) is 7.83. The maximum Gasteiger partial charge on any atom is 0.0925 e. The Hall–Kier alpha value is -1.17. The van der Waals surface area contributed by atoms with E-state index in [1.54, 1.807) is 9.75 Å². The Labute approximate surface area is 161 Å². The lowest BCUT2D eigenvalue weighted by molar-refractivity contribution is 0.124. The molecule has 0 aromatic carbocycles. The third kappa shape index (κ3) is 4.21. The summed E-state index contributed by atoms with van der Waals surface area (Å²) in [5.74, 6) is 1.55. The topological polar surface area (TPSA) is 35.2 Å². The molecule has 3 saturated heterocycles. The lowest BCUT2D eigenvalue weighted by atomic mass is 9.95. The van der Waals surface area contributed by atoms with Gasteiger partial charge in [-0.1, -0.05) is 13.8 Å². The molecule has 4 nitrogen and oxygen atoms in total. The number of H-pyrrole nitrogens is 1. The van der Waals surface area contributed by atoms with Crippen LogP contribution in [0.1, 0.15) is 47.8 Å². The van der Waals surface area contributed by atoms with Crippen LogP contribution in [0.25, 0.3) is 0 Å². The van der Waals surface area contributed by atoms with Gasteiger partial charge in [0.15, 0.2) is 0 Å². The van der Waals surface area contributed by atoms with Gasteiger partial charge in [-0.2, -0.15) is 0 Å². The zero-order valence-corrected chi connectivity index (χ0v) is 17.2. The predicted molar refractivity (Wildman–Crippen MR) is 108 cm³/mol. The van der Waals surface area contributed by atoms with Gasteiger partial charge in [0.2, 0.25) is 0 Å². The molecule has 0 radical (unpaired) electrons. The van der Waals surface area contributed by atoms with Crippen molar-refractivity contribution in [3.05, 3.63) is 39.6 Å². The second-order valence-corrected chi connectivity index (χ2v) is 9.91. The first-order valence-corrected chi connectivity index (χ1v) is 10.9. The Morgan fingerprint density at radius 1 is 1.15 bits per heavy atom. The minimum absolute atomic E-state index is 0.698. The molecule has 5 rings (SSSR count). The Bertz CT molecular complexity index is 719. The minimum atomic E-state index is 0.698. The standard InChI is InChI=1S/C21H32N4S/c1-15(2)8-19-6-7-20(26-19)12-25-10-17-4-5-18(25)11-24(9-17)13-21-16(3)22-14-23-21/h6-7,14-15,17-18H,4-5,8-13H2,1-3H3,(H,22,23)/t17-,18+/m0/s1. The number of hydrogen-bond donors (Lipinski definition) is 1. The molecule has 142 valence electrons. The molecule has 1 N–H and O–H groups in total. The monoisotopic (exact) mass is 372 g/mol. The molecule has 26 heavy (non-hydrogen) atoms. The lowest BCUT2D eigenvalue weighted by Gasteiger charge is -2.35. The van der Waals surface area contributed by atoms with E-state index in [-0.39, 0.29) is 0 Å². The van der Waals surface area contributed by atoms with E-state index in [9.17, 15) is 0 Å². The van der Waals surface area contributed by atoms with E-state index in [1.165, 1.54) is 50.3 Å². The molecule has 0 unspecified atom stereocenters. The van der Waals surface area contributed by atoms with Crippen LogP contribution in [-0.2, 0) is 19.5 Å². The number of thiophene rings is 1. The SMILES string of the molecule is Cc1[nH]cnc1CN1C[C@@H]2CC[C@H](C1)N(Cc1ccc(CC(C)C)s1)C2. The summed E-state index contributed by atoms with van der Waals surface area (Å²) in [5, 5.41) is 0. The van der Waals surface area contributed by atoms with Crippen molar-refractivity contribution in [3.8, 4) is 0 Å². The average molecular weight is 373 g/mol. The third-order valence-electron chi connectivity index (χ3n) is 5.90. The van der Waals surface area contributed by atoms with E-state index >= 15 is 0 Å². The second-order valence-electron chi connectivity index (χ2n) is 8.66. The lowest BCUT2D eigenvalue weighted by Crippen LogP contribution is -2.43. The fourth-order valence-corrected chi connectivity index (χ4v) is 5.83. The van der Waals surface area contributed by atoms with Crippen LogP contribution in [0.4, 0.5) is 0 Å². The summed E-state index contributed by atoms with van der Waals surface area (Å²) in [6.45, 7) is 12.6. The van der Waals surface area contributed by atoms with Gasteiger partial charge in [0.1, 0.15) is 0 Å². The smallest absolute Gasteiger partial charge is 0.0925 e. The molecule has 0 saturated carbocycles. The average Bonchev–Trinajstić information content (AvgIpc) is 3.08. The molecule has 0 aliphatic carbocycles. The molecular weight excluding hydrogens is 340 g/mol. The molecule has 5 heterocycles. The maximum absolute atomic E-state index is 4.51. The highest BCUT2D eigenvalue weighted by Gasteiger charge is 2.35. The highest BCUT2D eigenvalue weighted by atomic mass is 32.1. The van der Waals surface area contributed by atoms with E-state index in [0.29, 0.717) is 6.04 Å². The van der Waals surface area contributed by atoms with Crippen LogP contribution in [0.15, 0.2) is 18.5 Å². The molecule has 0 spiro atoms. The van der Waals surface area contributed by atoms with Gasteiger partial charge in [0.05, 0.1) is 12.0 Å². The molecule has 2 atom stereocenters. The van der Waals surface area contributed by atoms with E-state index < -0.39 is 0 Å². The molecule has 3 fully saturated rings. The zero-order valence-electron chi connectivity index (χ0n) is 16.4. The summed E-state index contributed by atoms with van der Waals surface area (Å²) in [7, 11) is 0. The first-order chi connectivity index (χ1) is 12.6. The van der Waals surface area contributed by atoms with Crippen LogP contribution < -0.4 is 0 Å². The van der Waals surface area contributed by atoms with Gasteiger partial charge in [-0.05, 0) is 50.2 Å². The number of hydrogen-bond acceptors (Lipinski definition) is 4. The molecule has 2 aromatic heterocycles. The van der Waals surface area contributed by atoms with Gasteiger partial charge in [0.25, 0.3) is 0 Å². The van der Waals surface area contributed by atoms with Crippen molar-refractivity contribution in [2.45, 2.75) is 59.2 Å². The van der Waals surface area contributed by atoms with Crippen LogP contribution in [0.3, 0.4) is 0 Å². The van der Waals surface area contributed by atoms with Crippen LogP contribution in [0.2, 0.25) is 0 Å². The third-order valence-corrected chi connectivity index (χ3v) is 6.99. The predicted octanol–water partition coefficient (Wildman–Crippen LogP) is 4.07. The quantitative estimate of drug-likeness (QED) is 0.830. The normalized spacial score (nSPS) is 24.5. The van der Waals surface area contributed by atoms with Crippen LogP contribution in [0.5, 0.6) is 0 Å². The van der Waals surface area contributed by atoms with Crippen LogP contribution in [-0.4, -0.2) is 45.4 Å². The van der Waals surface area contributed by atoms with Gasteiger partial charge >= 0.3 is 0 Å². The molecular formula is C21H32N4S. The van der Waals surface area contributed by atoms with E-state index in [4.69, 9.17) is 0 Å². The summed E-state index contributed by atoms with van der Waals surface area (Å²) >= 11 is 2.03. The first kappa shape index (κ1) is 18.2. The fraction of sp³-hybridized carbons (Fsp3) is 0.667. The Morgan fingerprint density at radius 2 is 2.00 bits per heavy atom. The van der Waals surface area contributed by atoms with Crippen molar-refractivity contribution in [3.63, 3.8) is 0 Å². The number of aromatic amines is 1. The van der Waals surface area contributed by atoms with Gasteiger partial charge in [-0.25, -0.2) is 4.98 Å². The fourth-order valence-electron chi connectivity index (χ4n) is 4.58. The van der Waals surface area contributed by atoms with Gasteiger partial charge < -0.3 is 4.98 Å². The Kier molecular flexibility index (Phi) is 5.48. The highest BCUT2D eigenvalue weighted by Crippen LogP contribution is 2.31. The summed E-state index contributed by atoms with van der Waals surface area (Å²) in [4.78, 5) is 16.2. The highest BCUT2D eigenvalue weighted by molar-refractivity contribution is 7.11. The van der Waals surface area contributed by atoms with E-state index in [1.807, 2.05) is 17.7 Å². The first-order valence-electron chi connectivity index (χ1n) is 10.1. The molecule has 3 aliphatic heterocycles. The molecule has 2 bridgehead atoms. The number of aryl methyl sites for hydroxylation is 1. The van der Waals surface area contributed by atoms with Crippen LogP contribution in [0, 0.1) is 18.8 Å². The number of nitrogens with zero attached hydrogens (tertiary/aromatic N) is 3. The summed E-state index contributed by atoms with van der Waals surface area (Å²) in [6, 6.07) is 5.41. The van der Waals surface area contributed by atoms with Crippen molar-refractivity contribution < 1.29 is 0 Å². The van der Waals surface area contributed by atoms with Gasteiger partial charge in [-0.15, -0.1) is 11.3 Å². The number of rotatable bonds is 6. The van der Waals surface area contributed by atoms with Crippen molar-refractivity contribution in [1.82, 2.24) is 19.8 Å². The maximum atomic E-state index is 4.51. The molecule has 2 aromatic rings.